The number of hydrogen-bond acceptors (Lipinski definition) is 7. The van der Waals surface area contributed by atoms with Crippen LogP contribution in [-0.2, 0) is 4.79 Å². The summed E-state index contributed by atoms with van der Waals surface area (Å²) in [7, 11) is 0. The van der Waals surface area contributed by atoms with Gasteiger partial charge in [-0.1, -0.05) is 37.0 Å². The van der Waals surface area contributed by atoms with Gasteiger partial charge < -0.3 is 10.4 Å². The minimum absolute atomic E-state index is 0.103. The Balaban J connectivity index is 2.11. The highest BCUT2D eigenvalue weighted by Gasteiger charge is 2.31. The van der Waals surface area contributed by atoms with E-state index in [1.807, 2.05) is 6.92 Å². The van der Waals surface area contributed by atoms with Crippen molar-refractivity contribution in [2.45, 2.75) is 13.3 Å². The maximum absolute atomic E-state index is 12.9. The van der Waals surface area contributed by atoms with Gasteiger partial charge in [0.1, 0.15) is 15.8 Å². The molecule has 1 saturated heterocycles. The first kappa shape index (κ1) is 18.6. The van der Waals surface area contributed by atoms with Crippen LogP contribution in [0.1, 0.15) is 18.9 Å². The van der Waals surface area contributed by atoms with Crippen molar-refractivity contribution in [2.75, 3.05) is 25.0 Å². The summed E-state index contributed by atoms with van der Waals surface area (Å²) < 4.78 is 1.91. The quantitative estimate of drug-likeness (QED) is 0.573. The highest BCUT2D eigenvalue weighted by atomic mass is 32.2. The first-order valence-corrected chi connectivity index (χ1v) is 9.40. The van der Waals surface area contributed by atoms with E-state index >= 15 is 0 Å². The SMILES string of the molecule is CCCN1C(=O)/C(=C/c2c(NCCO)nc3ccccn3c2=O)SC1=S. The molecule has 2 aromatic rings. The fourth-order valence-corrected chi connectivity index (χ4v) is 3.88. The highest BCUT2D eigenvalue weighted by Crippen LogP contribution is 2.33. The third-order valence-electron chi connectivity index (χ3n) is 3.77. The van der Waals surface area contributed by atoms with Crippen molar-refractivity contribution >= 4 is 51.7 Å². The standard InChI is InChI=1S/C17H18N4O3S2/c1-2-7-21-16(24)12(26-17(21)25)10-11-14(18-6-9-22)19-13-5-3-4-8-20(13)15(11)23/h3-5,8,10,18,22H,2,6-7,9H2,1H3/b12-10-. The molecule has 0 aliphatic carbocycles. The molecular formula is C17H18N4O3S2. The summed E-state index contributed by atoms with van der Waals surface area (Å²) in [6, 6.07) is 5.24. The zero-order valence-corrected chi connectivity index (χ0v) is 15.8. The second-order valence-corrected chi connectivity index (χ2v) is 7.27. The van der Waals surface area contributed by atoms with E-state index in [2.05, 4.69) is 10.3 Å². The van der Waals surface area contributed by atoms with Crippen molar-refractivity contribution in [1.82, 2.24) is 14.3 Å². The summed E-state index contributed by atoms with van der Waals surface area (Å²) in [6.45, 7) is 2.66. The molecule has 0 atom stereocenters. The number of carbonyl (C=O) groups excluding carboxylic acids is 1. The summed E-state index contributed by atoms with van der Waals surface area (Å²) in [5.41, 5.74) is 0.449. The molecule has 1 amide bonds. The Morgan fingerprint density at radius 1 is 1.38 bits per heavy atom. The normalized spacial score (nSPS) is 16.1. The van der Waals surface area contributed by atoms with Crippen LogP contribution in [0.3, 0.4) is 0 Å². The number of anilines is 1. The zero-order valence-electron chi connectivity index (χ0n) is 14.1. The lowest BCUT2D eigenvalue weighted by Gasteiger charge is -2.12. The summed E-state index contributed by atoms with van der Waals surface area (Å²) in [5.74, 6) is 0.128. The lowest BCUT2D eigenvalue weighted by molar-refractivity contribution is -0.122. The van der Waals surface area contributed by atoms with Crippen molar-refractivity contribution in [1.29, 1.82) is 0 Å². The molecule has 26 heavy (non-hydrogen) atoms. The molecule has 2 N–H and O–H groups in total. The van der Waals surface area contributed by atoms with Crippen molar-refractivity contribution in [2.24, 2.45) is 0 Å². The van der Waals surface area contributed by atoms with Gasteiger partial charge in [-0.3, -0.25) is 18.9 Å². The van der Waals surface area contributed by atoms with E-state index in [0.717, 1.165) is 6.42 Å². The largest absolute Gasteiger partial charge is 0.395 e. The van der Waals surface area contributed by atoms with Gasteiger partial charge >= 0.3 is 0 Å². The van der Waals surface area contributed by atoms with E-state index in [-0.39, 0.29) is 30.2 Å². The molecule has 7 nitrogen and oxygen atoms in total. The van der Waals surface area contributed by atoms with Gasteiger partial charge in [0.15, 0.2) is 0 Å². The fraction of sp³-hybridized carbons (Fsp3) is 0.294. The number of thioether (sulfide) groups is 1. The molecule has 0 saturated carbocycles. The van der Waals surface area contributed by atoms with E-state index in [1.165, 1.54) is 22.2 Å². The monoisotopic (exact) mass is 390 g/mol. The minimum Gasteiger partial charge on any atom is -0.395 e. The molecule has 1 aliphatic heterocycles. The van der Waals surface area contributed by atoms with Gasteiger partial charge in [-0.05, 0) is 24.6 Å². The summed E-state index contributed by atoms with van der Waals surface area (Å²) >= 11 is 6.45. The number of hydrogen-bond donors (Lipinski definition) is 2. The third kappa shape index (κ3) is 3.50. The molecule has 0 unspecified atom stereocenters. The Bertz CT molecular complexity index is 955. The van der Waals surface area contributed by atoms with Gasteiger partial charge in [0, 0.05) is 19.3 Å². The fourth-order valence-electron chi connectivity index (χ4n) is 2.59. The summed E-state index contributed by atoms with van der Waals surface area (Å²) in [5, 5.41) is 12.0. The number of amides is 1. The molecule has 0 spiro atoms. The van der Waals surface area contributed by atoms with Crippen LogP contribution in [0.5, 0.6) is 0 Å². The smallest absolute Gasteiger partial charge is 0.267 e. The van der Waals surface area contributed by atoms with Crippen LogP contribution in [0, 0.1) is 0 Å². The lowest BCUT2D eigenvalue weighted by Crippen LogP contribution is -2.28. The van der Waals surface area contributed by atoms with Crippen molar-refractivity contribution in [3.63, 3.8) is 0 Å². The van der Waals surface area contributed by atoms with E-state index in [0.29, 0.717) is 27.2 Å². The first-order chi connectivity index (χ1) is 12.6. The van der Waals surface area contributed by atoms with Gasteiger partial charge in [0.05, 0.1) is 17.1 Å². The molecule has 0 bridgehead atoms. The molecule has 136 valence electrons. The number of fused-ring (bicyclic) bond motifs is 1. The van der Waals surface area contributed by atoms with E-state index in [1.54, 1.807) is 29.3 Å². The van der Waals surface area contributed by atoms with Crippen LogP contribution in [0.2, 0.25) is 0 Å². The van der Waals surface area contributed by atoms with Gasteiger partial charge in [0.2, 0.25) is 0 Å². The summed E-state index contributed by atoms with van der Waals surface area (Å²) in [6.07, 6.45) is 3.95. The highest BCUT2D eigenvalue weighted by molar-refractivity contribution is 8.26. The average Bonchev–Trinajstić information content (AvgIpc) is 2.90. The molecule has 1 fully saturated rings. The zero-order chi connectivity index (χ0) is 18.7. The van der Waals surface area contributed by atoms with Crippen molar-refractivity contribution in [3.8, 4) is 0 Å². The molecule has 1 aliphatic rings. The van der Waals surface area contributed by atoms with Crippen LogP contribution in [0.4, 0.5) is 5.82 Å². The Morgan fingerprint density at radius 2 is 2.19 bits per heavy atom. The summed E-state index contributed by atoms with van der Waals surface area (Å²) in [4.78, 5) is 31.9. The van der Waals surface area contributed by atoms with E-state index in [9.17, 15) is 9.59 Å². The van der Waals surface area contributed by atoms with Crippen molar-refractivity contribution in [3.05, 3.63) is 45.2 Å². The Morgan fingerprint density at radius 3 is 2.92 bits per heavy atom. The number of aliphatic hydroxyl groups excluding tert-OH is 1. The van der Waals surface area contributed by atoms with Gasteiger partial charge in [-0.2, -0.15) is 0 Å². The van der Waals surface area contributed by atoms with Crippen molar-refractivity contribution < 1.29 is 9.90 Å². The molecule has 0 radical (unpaired) electrons. The van der Waals surface area contributed by atoms with Crippen LogP contribution in [0.25, 0.3) is 11.7 Å². The van der Waals surface area contributed by atoms with Gasteiger partial charge in [0.25, 0.3) is 11.5 Å². The predicted octanol–water partition coefficient (Wildman–Crippen LogP) is 1.71. The van der Waals surface area contributed by atoms with E-state index < -0.39 is 0 Å². The topological polar surface area (TPSA) is 86.9 Å². The number of aromatic nitrogens is 2. The Hall–Kier alpha value is -2.23. The molecule has 3 heterocycles. The number of aliphatic hydroxyl groups is 1. The number of thiocarbonyl (C=S) groups is 1. The second-order valence-electron chi connectivity index (χ2n) is 5.59. The number of nitrogens with zero attached hydrogens (tertiary/aromatic N) is 3. The van der Waals surface area contributed by atoms with Crippen LogP contribution >= 0.6 is 24.0 Å². The Kier molecular flexibility index (Phi) is 5.70. The third-order valence-corrected chi connectivity index (χ3v) is 5.15. The van der Waals surface area contributed by atoms with E-state index in [4.69, 9.17) is 17.3 Å². The molecule has 0 aromatic carbocycles. The predicted molar refractivity (Wildman–Crippen MR) is 107 cm³/mol. The number of carbonyl (C=O) groups is 1. The van der Waals surface area contributed by atoms with Crippen LogP contribution in [0.15, 0.2) is 34.1 Å². The van der Waals surface area contributed by atoms with Gasteiger partial charge in [-0.25, -0.2) is 4.98 Å². The second kappa shape index (κ2) is 7.98. The molecule has 2 aromatic heterocycles. The molecular weight excluding hydrogens is 372 g/mol. The number of rotatable bonds is 6. The average molecular weight is 390 g/mol. The maximum Gasteiger partial charge on any atom is 0.267 e. The van der Waals surface area contributed by atoms with Gasteiger partial charge in [-0.15, -0.1) is 0 Å². The Labute approximate surface area is 159 Å². The minimum atomic E-state index is -0.295. The molecule has 3 rings (SSSR count). The van der Waals surface area contributed by atoms with Crippen LogP contribution in [-0.4, -0.2) is 49.3 Å². The van der Waals surface area contributed by atoms with Crippen LogP contribution < -0.4 is 10.9 Å². The number of pyridine rings is 1. The number of nitrogens with one attached hydrogen (secondary N) is 1. The first-order valence-electron chi connectivity index (χ1n) is 8.18. The maximum atomic E-state index is 12.9. The lowest BCUT2D eigenvalue weighted by atomic mass is 10.2. The molecule has 9 heteroatoms.